The molecule has 0 radical (unpaired) electrons. The number of hydrogen-bond acceptors (Lipinski definition) is 5. The van der Waals surface area contributed by atoms with E-state index >= 15 is 0 Å². The van der Waals surface area contributed by atoms with Crippen molar-refractivity contribution in [1.82, 2.24) is 0 Å². The molecule has 0 heterocycles. The highest BCUT2D eigenvalue weighted by atomic mass is 16.5. The van der Waals surface area contributed by atoms with Gasteiger partial charge in [0.1, 0.15) is 5.75 Å². The van der Waals surface area contributed by atoms with Crippen molar-refractivity contribution >= 4 is 5.57 Å². The Morgan fingerprint density at radius 2 is 1.81 bits per heavy atom. The van der Waals surface area contributed by atoms with Gasteiger partial charge in [0.25, 0.3) is 0 Å². The van der Waals surface area contributed by atoms with Crippen LogP contribution in [-0.4, -0.2) is 35.6 Å². The Kier molecular flexibility index (Phi) is 5.57. The third kappa shape index (κ3) is 3.58. The van der Waals surface area contributed by atoms with Crippen LogP contribution >= 0.6 is 0 Å². The molecule has 1 aromatic rings. The van der Waals surface area contributed by atoms with E-state index in [-0.39, 0.29) is 23.4 Å². The van der Waals surface area contributed by atoms with Gasteiger partial charge in [-0.3, -0.25) is 0 Å². The summed E-state index contributed by atoms with van der Waals surface area (Å²) >= 11 is 0. The lowest BCUT2D eigenvalue weighted by atomic mass is 9.88. The number of aryl methyl sites for hydroxylation is 1. The smallest absolute Gasteiger partial charge is 0.203 e. The first kappa shape index (κ1) is 18.4. The molecule has 0 spiro atoms. The molecular weight excluding hydrogens is 332 g/mol. The van der Waals surface area contributed by atoms with Gasteiger partial charge >= 0.3 is 0 Å². The lowest BCUT2D eigenvalue weighted by Crippen LogP contribution is -2.12. The Morgan fingerprint density at radius 3 is 2.54 bits per heavy atom. The summed E-state index contributed by atoms with van der Waals surface area (Å²) in [7, 11) is 3.02. The van der Waals surface area contributed by atoms with Crippen molar-refractivity contribution in [2.75, 3.05) is 14.2 Å². The van der Waals surface area contributed by atoms with Crippen LogP contribution in [0.3, 0.4) is 0 Å². The first-order chi connectivity index (χ1) is 12.5. The minimum Gasteiger partial charge on any atom is -0.507 e. The molecule has 3 rings (SSSR count). The summed E-state index contributed by atoms with van der Waals surface area (Å²) in [4.78, 5) is 0. The van der Waals surface area contributed by atoms with Gasteiger partial charge in [0.05, 0.1) is 20.3 Å². The maximum absolute atomic E-state index is 10.6. The van der Waals surface area contributed by atoms with Crippen LogP contribution in [0.2, 0.25) is 0 Å². The third-order valence-electron chi connectivity index (χ3n) is 5.06. The third-order valence-corrected chi connectivity index (χ3v) is 5.06. The number of hydrogen-bond donors (Lipinski definition) is 3. The van der Waals surface area contributed by atoms with Crippen LogP contribution in [0.5, 0.6) is 5.75 Å². The molecule has 0 saturated carbocycles. The van der Waals surface area contributed by atoms with Gasteiger partial charge in [-0.2, -0.15) is 0 Å². The van der Waals surface area contributed by atoms with Gasteiger partial charge in [0.2, 0.25) is 5.76 Å². The van der Waals surface area contributed by atoms with Crippen LogP contribution in [0.4, 0.5) is 0 Å². The van der Waals surface area contributed by atoms with Crippen molar-refractivity contribution in [3.8, 4) is 5.75 Å². The number of phenols is 1. The van der Waals surface area contributed by atoms with Crippen molar-refractivity contribution in [1.29, 1.82) is 0 Å². The Bertz CT molecular complexity index is 773. The molecule has 5 nitrogen and oxygen atoms in total. The number of phenolic OH excluding ortho intramolecular Hbond substituents is 1. The molecule has 3 N–H and O–H groups in total. The van der Waals surface area contributed by atoms with E-state index in [1.807, 2.05) is 18.2 Å². The zero-order valence-electron chi connectivity index (χ0n) is 15.3. The maximum atomic E-state index is 10.6. The normalized spacial score (nSPS) is 23.3. The molecule has 1 aromatic carbocycles. The zero-order valence-corrected chi connectivity index (χ0v) is 15.3. The fourth-order valence-corrected chi connectivity index (χ4v) is 3.62. The van der Waals surface area contributed by atoms with E-state index in [1.165, 1.54) is 14.2 Å². The number of aliphatic hydroxyl groups is 2. The first-order valence-electron chi connectivity index (χ1n) is 8.99. The van der Waals surface area contributed by atoms with Crippen molar-refractivity contribution in [3.05, 3.63) is 58.3 Å². The van der Waals surface area contributed by atoms with Crippen LogP contribution in [0, 0.1) is 0 Å². The van der Waals surface area contributed by atoms with E-state index in [9.17, 15) is 15.3 Å². The molecule has 0 fully saturated rings. The van der Waals surface area contributed by atoms with Gasteiger partial charge in [0.15, 0.2) is 11.5 Å². The highest BCUT2D eigenvalue weighted by molar-refractivity contribution is 5.79. The van der Waals surface area contributed by atoms with Crippen molar-refractivity contribution in [3.63, 3.8) is 0 Å². The van der Waals surface area contributed by atoms with Gasteiger partial charge in [-0.25, -0.2) is 0 Å². The molecule has 0 unspecified atom stereocenters. The van der Waals surface area contributed by atoms with E-state index in [0.29, 0.717) is 24.2 Å². The van der Waals surface area contributed by atoms with E-state index < -0.39 is 0 Å². The highest BCUT2D eigenvalue weighted by Gasteiger charge is 2.29. The summed E-state index contributed by atoms with van der Waals surface area (Å²) in [5.41, 5.74) is 3.24. The predicted molar refractivity (Wildman–Crippen MR) is 99.6 cm³/mol. The molecule has 26 heavy (non-hydrogen) atoms. The number of methoxy groups -OCH3 is 2. The second-order valence-electron chi connectivity index (χ2n) is 6.77. The topological polar surface area (TPSA) is 79.2 Å². The van der Waals surface area contributed by atoms with Gasteiger partial charge in [-0.15, -0.1) is 0 Å². The number of aliphatic hydroxyl groups excluding tert-OH is 2. The zero-order chi connectivity index (χ0) is 18.7. The van der Waals surface area contributed by atoms with E-state index in [2.05, 4.69) is 0 Å². The molecule has 5 heteroatoms. The number of rotatable bonds is 2. The quantitative estimate of drug-likeness (QED) is 0.745. The molecule has 0 amide bonds. The van der Waals surface area contributed by atoms with Crippen molar-refractivity contribution in [2.45, 2.75) is 44.6 Å². The molecule has 0 aromatic heterocycles. The predicted octanol–water partition coefficient (Wildman–Crippen LogP) is 3.97. The van der Waals surface area contributed by atoms with E-state index in [0.717, 1.165) is 42.4 Å². The number of ether oxygens (including phenoxy) is 2. The minimum atomic E-state index is -0.349. The molecule has 1 atom stereocenters. The summed E-state index contributed by atoms with van der Waals surface area (Å²) in [5.74, 6) is 0.938. The molecular formula is C21H26O5. The lowest BCUT2D eigenvalue weighted by Gasteiger charge is -2.24. The summed E-state index contributed by atoms with van der Waals surface area (Å²) < 4.78 is 10.9. The first-order valence-corrected chi connectivity index (χ1v) is 8.99. The fourth-order valence-electron chi connectivity index (χ4n) is 3.62. The van der Waals surface area contributed by atoms with Gasteiger partial charge in [-0.1, -0.05) is 12.1 Å². The Balaban J connectivity index is 2.19. The maximum Gasteiger partial charge on any atom is 0.203 e. The summed E-state index contributed by atoms with van der Waals surface area (Å²) in [5, 5.41) is 31.2. The summed E-state index contributed by atoms with van der Waals surface area (Å²) in [6.07, 6.45) is 5.83. The number of aromatic hydroxyl groups is 1. The lowest BCUT2D eigenvalue weighted by molar-refractivity contribution is 0.152. The molecule has 4 bridgehead atoms. The molecule has 0 aliphatic heterocycles. The standard InChI is InChI=1S/C21H26O5/c1-25-20-17-12-14(19(24)21(20)26-2)5-3-4-6-15(22)9-7-13-8-10-18(23)16(17)11-13/h5,8,10-11,15,22-24H,3-4,6-7,9,12H2,1-2H3/b14-5+/t15-/m0/s1. The Labute approximate surface area is 153 Å². The highest BCUT2D eigenvalue weighted by Crippen LogP contribution is 2.42. The average molecular weight is 358 g/mol. The molecule has 2 aliphatic rings. The SMILES string of the molecule is COC1=C(O)/C2=C/CCC[C@H](O)CCc3ccc(O)c(c3)C(=C1OC)C2. The molecule has 140 valence electrons. The monoisotopic (exact) mass is 358 g/mol. The number of fused-ring (bicyclic) bond motifs is 5. The van der Waals surface area contributed by atoms with Crippen LogP contribution < -0.4 is 0 Å². The molecule has 0 saturated heterocycles. The van der Waals surface area contributed by atoms with Crippen LogP contribution in [0.15, 0.2) is 47.1 Å². The second kappa shape index (κ2) is 7.87. The van der Waals surface area contributed by atoms with Gasteiger partial charge in [0, 0.05) is 17.6 Å². The average Bonchev–Trinajstić information content (AvgIpc) is 2.65. The van der Waals surface area contributed by atoms with Crippen LogP contribution in [0.1, 0.15) is 43.2 Å². The van der Waals surface area contributed by atoms with E-state index in [4.69, 9.17) is 9.47 Å². The number of benzene rings is 1. The fraction of sp³-hybridized carbons (Fsp3) is 0.429. The van der Waals surface area contributed by atoms with Crippen LogP contribution in [-0.2, 0) is 15.9 Å². The number of allylic oxidation sites excluding steroid dienone is 3. The van der Waals surface area contributed by atoms with Gasteiger partial charge < -0.3 is 24.8 Å². The van der Waals surface area contributed by atoms with Crippen molar-refractivity contribution in [2.24, 2.45) is 0 Å². The summed E-state index contributed by atoms with van der Waals surface area (Å²) in [6.45, 7) is 0. The largest absolute Gasteiger partial charge is 0.507 e. The van der Waals surface area contributed by atoms with Crippen LogP contribution in [0.25, 0.3) is 5.57 Å². The summed E-state index contributed by atoms with van der Waals surface area (Å²) in [6, 6.07) is 5.48. The minimum absolute atomic E-state index is 0.0687. The van der Waals surface area contributed by atoms with Crippen molar-refractivity contribution < 1.29 is 24.8 Å². The Hall–Kier alpha value is -2.40. The van der Waals surface area contributed by atoms with Gasteiger partial charge in [-0.05, 0) is 55.4 Å². The second-order valence-corrected chi connectivity index (χ2v) is 6.77. The Morgan fingerprint density at radius 1 is 1.04 bits per heavy atom. The van der Waals surface area contributed by atoms with E-state index in [1.54, 1.807) is 6.07 Å². The molecule has 2 aliphatic carbocycles.